The normalized spacial score (nSPS) is 13.8. The Kier molecular flexibility index (Phi) is 5.94. The number of aromatic nitrogens is 3. The van der Waals surface area contributed by atoms with E-state index in [0.717, 1.165) is 40.9 Å². The van der Waals surface area contributed by atoms with Crippen molar-refractivity contribution in [2.24, 2.45) is 0 Å². The SMILES string of the molecule is COCCn1c(SCC(=O)c2cc(C)[nH]c2C)nc2sc3c(c2c1=O)CCCC3. The molecule has 0 saturated heterocycles. The summed E-state index contributed by atoms with van der Waals surface area (Å²) in [5.74, 6) is 0.281. The molecule has 0 aromatic carbocycles. The van der Waals surface area contributed by atoms with Crippen molar-refractivity contribution in [2.75, 3.05) is 19.5 Å². The minimum absolute atomic E-state index is 0.00457. The second kappa shape index (κ2) is 8.45. The van der Waals surface area contributed by atoms with Crippen LogP contribution in [0.25, 0.3) is 10.2 Å². The van der Waals surface area contributed by atoms with Crippen molar-refractivity contribution >= 4 is 39.1 Å². The van der Waals surface area contributed by atoms with Gasteiger partial charge in [0, 0.05) is 28.9 Å². The molecule has 3 aromatic heterocycles. The summed E-state index contributed by atoms with van der Waals surface area (Å²) in [5, 5.41) is 1.37. The second-order valence-corrected chi connectivity index (χ2v) is 9.46. The van der Waals surface area contributed by atoms with E-state index < -0.39 is 0 Å². The summed E-state index contributed by atoms with van der Waals surface area (Å²) in [5.41, 5.74) is 3.73. The first kappa shape index (κ1) is 20.4. The fraction of sp³-hybridized carbons (Fsp3) is 0.476. The fourth-order valence-electron chi connectivity index (χ4n) is 3.93. The number of rotatable bonds is 7. The molecular weight excluding hydrogens is 406 g/mol. The highest BCUT2D eigenvalue weighted by molar-refractivity contribution is 7.99. The number of ether oxygens (including phenoxy) is 1. The highest BCUT2D eigenvalue weighted by atomic mass is 32.2. The molecule has 29 heavy (non-hydrogen) atoms. The van der Waals surface area contributed by atoms with Crippen LogP contribution >= 0.6 is 23.1 Å². The number of methoxy groups -OCH3 is 1. The molecule has 0 aliphatic heterocycles. The Morgan fingerprint density at radius 3 is 2.86 bits per heavy atom. The lowest BCUT2D eigenvalue weighted by Crippen LogP contribution is -2.26. The van der Waals surface area contributed by atoms with E-state index in [0.29, 0.717) is 23.9 Å². The van der Waals surface area contributed by atoms with Crippen LogP contribution in [-0.2, 0) is 24.1 Å². The maximum Gasteiger partial charge on any atom is 0.263 e. The van der Waals surface area contributed by atoms with Gasteiger partial charge in [0.05, 0.1) is 24.3 Å². The lowest BCUT2D eigenvalue weighted by molar-refractivity contribution is 0.102. The number of thioether (sulfide) groups is 1. The number of fused-ring (bicyclic) bond motifs is 3. The van der Waals surface area contributed by atoms with Crippen LogP contribution in [0.5, 0.6) is 0 Å². The average molecular weight is 432 g/mol. The molecule has 0 radical (unpaired) electrons. The molecule has 0 amide bonds. The lowest BCUT2D eigenvalue weighted by Gasteiger charge is -2.13. The van der Waals surface area contributed by atoms with E-state index in [9.17, 15) is 9.59 Å². The van der Waals surface area contributed by atoms with Gasteiger partial charge < -0.3 is 9.72 Å². The number of H-pyrrole nitrogens is 1. The number of aromatic amines is 1. The van der Waals surface area contributed by atoms with Gasteiger partial charge in [-0.1, -0.05) is 11.8 Å². The Bertz CT molecular complexity index is 1130. The van der Waals surface area contributed by atoms with Gasteiger partial charge in [-0.2, -0.15) is 0 Å². The molecule has 1 aliphatic rings. The number of thiophene rings is 1. The van der Waals surface area contributed by atoms with Gasteiger partial charge in [-0.05, 0) is 51.2 Å². The summed E-state index contributed by atoms with van der Waals surface area (Å²) >= 11 is 2.97. The third-order valence-corrected chi connectivity index (χ3v) is 7.50. The highest BCUT2D eigenvalue weighted by Gasteiger charge is 2.23. The number of nitrogens with one attached hydrogen (secondary N) is 1. The number of hydrogen-bond donors (Lipinski definition) is 1. The van der Waals surface area contributed by atoms with Crippen LogP contribution in [0.1, 0.15) is 45.0 Å². The maximum atomic E-state index is 13.3. The van der Waals surface area contributed by atoms with E-state index in [2.05, 4.69) is 4.98 Å². The zero-order valence-corrected chi connectivity index (χ0v) is 18.6. The molecule has 1 N–H and O–H groups in total. The summed E-state index contributed by atoms with van der Waals surface area (Å²) in [6, 6.07) is 1.88. The van der Waals surface area contributed by atoms with Gasteiger partial charge in [0.2, 0.25) is 0 Å². The van der Waals surface area contributed by atoms with Crippen molar-refractivity contribution in [1.29, 1.82) is 0 Å². The standard InChI is InChI=1S/C21H25N3O3S2/c1-12-10-15(13(2)22-12)16(25)11-28-21-23-19-18(20(26)24(21)8-9-27-3)14-6-4-5-7-17(14)29-19/h10,22H,4-9,11H2,1-3H3. The molecule has 0 spiro atoms. The molecule has 3 aromatic rings. The predicted octanol–water partition coefficient (Wildman–Crippen LogP) is 3.90. The van der Waals surface area contributed by atoms with Gasteiger partial charge in [-0.25, -0.2) is 4.98 Å². The van der Waals surface area contributed by atoms with Crippen molar-refractivity contribution in [2.45, 2.75) is 51.2 Å². The van der Waals surface area contributed by atoms with Crippen LogP contribution in [0.4, 0.5) is 0 Å². The molecule has 154 valence electrons. The lowest BCUT2D eigenvalue weighted by atomic mass is 9.97. The number of aryl methyl sites for hydroxylation is 4. The maximum absolute atomic E-state index is 13.3. The first-order valence-corrected chi connectivity index (χ1v) is 11.7. The summed E-state index contributed by atoms with van der Waals surface area (Å²) < 4.78 is 6.89. The third-order valence-electron chi connectivity index (χ3n) is 5.34. The molecule has 0 saturated carbocycles. The van der Waals surface area contributed by atoms with Crippen molar-refractivity contribution in [3.63, 3.8) is 0 Å². The Balaban J connectivity index is 1.69. The molecule has 0 atom stereocenters. The highest BCUT2D eigenvalue weighted by Crippen LogP contribution is 2.34. The van der Waals surface area contributed by atoms with Gasteiger partial charge >= 0.3 is 0 Å². The molecule has 0 unspecified atom stereocenters. The zero-order valence-electron chi connectivity index (χ0n) is 17.0. The first-order valence-electron chi connectivity index (χ1n) is 9.85. The smallest absolute Gasteiger partial charge is 0.263 e. The topological polar surface area (TPSA) is 77.0 Å². The van der Waals surface area contributed by atoms with Gasteiger partial charge in [-0.15, -0.1) is 11.3 Å². The van der Waals surface area contributed by atoms with Crippen LogP contribution in [0.2, 0.25) is 0 Å². The van der Waals surface area contributed by atoms with E-state index >= 15 is 0 Å². The van der Waals surface area contributed by atoms with Crippen molar-refractivity contribution in [3.8, 4) is 0 Å². The average Bonchev–Trinajstić information content (AvgIpc) is 3.24. The molecule has 6 nitrogen and oxygen atoms in total. The van der Waals surface area contributed by atoms with Crippen LogP contribution in [0.15, 0.2) is 16.0 Å². The van der Waals surface area contributed by atoms with Crippen molar-refractivity contribution < 1.29 is 9.53 Å². The van der Waals surface area contributed by atoms with Crippen LogP contribution in [0, 0.1) is 13.8 Å². The molecule has 0 fully saturated rings. The van der Waals surface area contributed by atoms with Crippen molar-refractivity contribution in [3.05, 3.63) is 43.8 Å². The predicted molar refractivity (Wildman–Crippen MR) is 118 cm³/mol. The summed E-state index contributed by atoms with van der Waals surface area (Å²) in [4.78, 5) is 36.1. The Labute approximate surface area is 177 Å². The monoisotopic (exact) mass is 431 g/mol. The summed E-state index contributed by atoms with van der Waals surface area (Å²) in [6.07, 6.45) is 4.27. The molecule has 0 bridgehead atoms. The number of nitrogens with zero attached hydrogens (tertiary/aromatic N) is 2. The second-order valence-electron chi connectivity index (χ2n) is 7.44. The molecular formula is C21H25N3O3S2. The van der Waals surface area contributed by atoms with Gasteiger partial charge in [0.1, 0.15) is 4.83 Å². The number of hydrogen-bond acceptors (Lipinski definition) is 6. The fourth-order valence-corrected chi connectivity index (χ4v) is 6.14. The zero-order chi connectivity index (χ0) is 20.5. The van der Waals surface area contributed by atoms with Crippen LogP contribution in [0.3, 0.4) is 0 Å². The van der Waals surface area contributed by atoms with E-state index in [1.165, 1.54) is 28.6 Å². The molecule has 3 heterocycles. The Hall–Kier alpha value is -1.90. The summed E-state index contributed by atoms with van der Waals surface area (Å²) in [7, 11) is 1.62. The van der Waals surface area contributed by atoms with E-state index in [4.69, 9.17) is 9.72 Å². The van der Waals surface area contributed by atoms with Crippen LogP contribution in [-0.4, -0.2) is 39.8 Å². The van der Waals surface area contributed by atoms with Gasteiger partial charge in [-0.3, -0.25) is 14.2 Å². The minimum atomic E-state index is -0.00457. The van der Waals surface area contributed by atoms with E-state index in [1.807, 2.05) is 19.9 Å². The molecule has 4 rings (SSSR count). The van der Waals surface area contributed by atoms with E-state index in [1.54, 1.807) is 23.0 Å². The quantitative estimate of drug-likeness (QED) is 0.349. The summed E-state index contributed by atoms with van der Waals surface area (Å²) in [6.45, 7) is 4.70. The third kappa shape index (κ3) is 3.93. The largest absolute Gasteiger partial charge is 0.383 e. The van der Waals surface area contributed by atoms with E-state index in [-0.39, 0.29) is 17.1 Å². The first-order chi connectivity index (χ1) is 14.0. The number of carbonyl (C=O) groups excluding carboxylic acids is 1. The number of Topliss-reactive ketones (excluding diaryl/α,β-unsaturated/α-hetero) is 1. The Morgan fingerprint density at radius 2 is 2.14 bits per heavy atom. The number of ketones is 1. The van der Waals surface area contributed by atoms with Gasteiger partial charge in [0.25, 0.3) is 5.56 Å². The van der Waals surface area contributed by atoms with Crippen molar-refractivity contribution in [1.82, 2.24) is 14.5 Å². The Morgan fingerprint density at radius 1 is 1.34 bits per heavy atom. The minimum Gasteiger partial charge on any atom is -0.383 e. The van der Waals surface area contributed by atoms with Gasteiger partial charge in [0.15, 0.2) is 10.9 Å². The number of carbonyl (C=O) groups is 1. The molecule has 8 heteroatoms. The molecule has 1 aliphatic carbocycles. The van der Waals surface area contributed by atoms with Crippen LogP contribution < -0.4 is 5.56 Å².